The highest BCUT2D eigenvalue weighted by Crippen LogP contribution is 2.28. The number of unbranched alkanes of at least 4 members (excludes halogenated alkanes) is 2. The molecule has 16 heavy (non-hydrogen) atoms. The molecule has 0 spiro atoms. The molecule has 5 heteroatoms. The largest absolute Gasteiger partial charge is 0.137 e. The first kappa shape index (κ1) is 13.8. The van der Waals surface area contributed by atoms with E-state index in [1.165, 1.54) is 30.6 Å². The summed E-state index contributed by atoms with van der Waals surface area (Å²) in [4.78, 5) is 1.18. The maximum Gasteiger partial charge on any atom is 0.136 e. The quantitative estimate of drug-likeness (QED) is 0.525. The van der Waals surface area contributed by atoms with Gasteiger partial charge in [0.25, 0.3) is 0 Å². The number of rotatable bonds is 8. The summed E-state index contributed by atoms with van der Waals surface area (Å²) in [6.45, 7) is 4.41. The Labute approximate surface area is 106 Å². The van der Waals surface area contributed by atoms with Gasteiger partial charge in [-0.05, 0) is 29.6 Å². The Kier molecular flexibility index (Phi) is 7.59. The van der Waals surface area contributed by atoms with Crippen molar-refractivity contribution in [2.45, 2.75) is 49.5 Å². The van der Waals surface area contributed by atoms with E-state index in [4.69, 9.17) is 0 Å². The average Bonchev–Trinajstić information content (AvgIpc) is 2.32. The number of nitrogens with zero attached hydrogens (tertiary/aromatic N) is 3. The van der Waals surface area contributed by atoms with Crippen LogP contribution in [0.25, 0.3) is 0 Å². The van der Waals surface area contributed by atoms with Crippen molar-refractivity contribution in [3.05, 3.63) is 6.20 Å². The topological polar surface area (TPSA) is 38.7 Å². The first-order valence-corrected chi connectivity index (χ1v) is 7.79. The first-order chi connectivity index (χ1) is 7.88. The summed E-state index contributed by atoms with van der Waals surface area (Å²) in [5.74, 6) is 2.27. The van der Waals surface area contributed by atoms with Gasteiger partial charge in [-0.1, -0.05) is 26.7 Å². The fourth-order valence-corrected chi connectivity index (χ4v) is 3.30. The summed E-state index contributed by atoms with van der Waals surface area (Å²) in [7, 11) is 0. The van der Waals surface area contributed by atoms with Gasteiger partial charge in [0, 0.05) is 0 Å². The Morgan fingerprint density at radius 3 is 2.44 bits per heavy atom. The van der Waals surface area contributed by atoms with Crippen molar-refractivity contribution in [2.75, 3.05) is 11.5 Å². The Balaban J connectivity index is 2.46. The van der Waals surface area contributed by atoms with Gasteiger partial charge in [-0.2, -0.15) is 0 Å². The molecule has 1 aromatic heterocycles. The van der Waals surface area contributed by atoms with Gasteiger partial charge >= 0.3 is 0 Å². The van der Waals surface area contributed by atoms with Gasteiger partial charge in [0.2, 0.25) is 0 Å². The third-order valence-electron chi connectivity index (χ3n) is 2.07. The highest BCUT2D eigenvalue weighted by atomic mass is 32.2. The average molecular weight is 257 g/mol. The molecule has 0 aliphatic rings. The van der Waals surface area contributed by atoms with Crippen molar-refractivity contribution in [3.63, 3.8) is 0 Å². The van der Waals surface area contributed by atoms with Crippen molar-refractivity contribution < 1.29 is 0 Å². The van der Waals surface area contributed by atoms with Crippen LogP contribution in [0.3, 0.4) is 0 Å². The lowest BCUT2D eigenvalue weighted by atomic mass is 10.4. The van der Waals surface area contributed by atoms with Gasteiger partial charge in [0.1, 0.15) is 5.03 Å². The van der Waals surface area contributed by atoms with Crippen LogP contribution in [0.4, 0.5) is 0 Å². The van der Waals surface area contributed by atoms with Gasteiger partial charge < -0.3 is 0 Å². The molecule has 0 aliphatic carbocycles. The minimum Gasteiger partial charge on any atom is -0.137 e. The molecule has 0 amide bonds. The van der Waals surface area contributed by atoms with E-state index in [1.807, 2.05) is 18.0 Å². The van der Waals surface area contributed by atoms with Crippen LogP contribution in [0.5, 0.6) is 0 Å². The second-order valence-corrected chi connectivity index (χ2v) is 5.73. The van der Waals surface area contributed by atoms with Crippen LogP contribution in [-0.2, 0) is 0 Å². The number of thioether (sulfide) groups is 2. The minimum atomic E-state index is 1.05. The van der Waals surface area contributed by atoms with Crippen molar-refractivity contribution >= 4 is 23.5 Å². The van der Waals surface area contributed by atoms with E-state index < -0.39 is 0 Å². The summed E-state index contributed by atoms with van der Waals surface area (Å²) >= 11 is 3.64. The molecule has 1 heterocycles. The third-order valence-corrected chi connectivity index (χ3v) is 4.36. The van der Waals surface area contributed by atoms with Crippen molar-refractivity contribution in [1.82, 2.24) is 15.4 Å². The lowest BCUT2D eigenvalue weighted by Crippen LogP contribution is -1.93. The normalized spacial score (nSPS) is 10.6. The van der Waals surface area contributed by atoms with Crippen LogP contribution in [-0.4, -0.2) is 26.9 Å². The molecule has 0 atom stereocenters. The first-order valence-electron chi connectivity index (χ1n) is 5.82. The van der Waals surface area contributed by atoms with Gasteiger partial charge in [-0.25, -0.2) is 0 Å². The smallest absolute Gasteiger partial charge is 0.136 e. The van der Waals surface area contributed by atoms with E-state index in [-0.39, 0.29) is 0 Å². The molecular weight excluding hydrogens is 238 g/mol. The van der Waals surface area contributed by atoms with E-state index in [0.29, 0.717) is 0 Å². The molecule has 1 aromatic rings. The highest BCUT2D eigenvalue weighted by Gasteiger charge is 2.05. The summed E-state index contributed by atoms with van der Waals surface area (Å²) in [6, 6.07) is 0. The summed E-state index contributed by atoms with van der Waals surface area (Å²) in [5.41, 5.74) is 0. The van der Waals surface area contributed by atoms with E-state index in [9.17, 15) is 0 Å². The molecular formula is C11H19N3S2. The molecule has 0 saturated heterocycles. The SMILES string of the molecule is CCCCSc1cnnnc1SCCCC. The van der Waals surface area contributed by atoms with Crippen molar-refractivity contribution in [2.24, 2.45) is 0 Å². The van der Waals surface area contributed by atoms with E-state index in [1.54, 1.807) is 11.8 Å². The van der Waals surface area contributed by atoms with Crippen LogP contribution < -0.4 is 0 Å². The zero-order valence-corrected chi connectivity index (χ0v) is 11.6. The van der Waals surface area contributed by atoms with E-state index in [2.05, 4.69) is 29.3 Å². The maximum absolute atomic E-state index is 4.11. The molecule has 0 saturated carbocycles. The summed E-state index contributed by atoms with van der Waals surface area (Å²) in [5, 5.41) is 12.7. The van der Waals surface area contributed by atoms with Crippen molar-refractivity contribution in [3.8, 4) is 0 Å². The van der Waals surface area contributed by atoms with Crippen LogP contribution in [0.1, 0.15) is 39.5 Å². The lowest BCUT2D eigenvalue weighted by Gasteiger charge is -2.05. The third kappa shape index (κ3) is 5.16. The molecule has 0 aromatic carbocycles. The molecule has 0 fully saturated rings. The monoisotopic (exact) mass is 257 g/mol. The minimum absolute atomic E-state index is 1.05. The number of hydrogen-bond acceptors (Lipinski definition) is 5. The Morgan fingerprint density at radius 2 is 1.75 bits per heavy atom. The number of aromatic nitrogens is 3. The molecule has 0 aliphatic heterocycles. The predicted octanol–water partition coefficient (Wildman–Crippen LogP) is 3.66. The second-order valence-electron chi connectivity index (χ2n) is 3.51. The molecule has 0 radical (unpaired) electrons. The standard InChI is InChI=1S/C11H19N3S2/c1-3-5-7-15-10-9-12-14-13-11(10)16-8-6-4-2/h9H,3-8H2,1-2H3. The molecule has 1 rings (SSSR count). The highest BCUT2D eigenvalue weighted by molar-refractivity contribution is 8.02. The van der Waals surface area contributed by atoms with Crippen LogP contribution in [0.15, 0.2) is 16.1 Å². The second kappa shape index (κ2) is 8.82. The van der Waals surface area contributed by atoms with Gasteiger partial charge in [0.15, 0.2) is 0 Å². The molecule has 0 unspecified atom stereocenters. The molecule has 3 nitrogen and oxygen atoms in total. The Morgan fingerprint density at radius 1 is 1.06 bits per heavy atom. The van der Waals surface area contributed by atoms with Gasteiger partial charge in [0.05, 0.1) is 11.1 Å². The van der Waals surface area contributed by atoms with Crippen LogP contribution in [0, 0.1) is 0 Å². The molecule has 0 bridgehead atoms. The number of hydrogen-bond donors (Lipinski definition) is 0. The van der Waals surface area contributed by atoms with Crippen LogP contribution in [0.2, 0.25) is 0 Å². The van der Waals surface area contributed by atoms with Gasteiger partial charge in [-0.15, -0.1) is 33.7 Å². The lowest BCUT2D eigenvalue weighted by molar-refractivity contribution is 0.761. The molecule has 90 valence electrons. The zero-order chi connectivity index (χ0) is 11.6. The van der Waals surface area contributed by atoms with Crippen molar-refractivity contribution in [1.29, 1.82) is 0 Å². The Bertz CT molecular complexity index is 265. The fourth-order valence-electron chi connectivity index (χ4n) is 1.09. The molecule has 0 N–H and O–H groups in total. The van der Waals surface area contributed by atoms with E-state index >= 15 is 0 Å². The van der Waals surface area contributed by atoms with E-state index in [0.717, 1.165) is 16.5 Å². The summed E-state index contributed by atoms with van der Waals surface area (Å²) < 4.78 is 0. The van der Waals surface area contributed by atoms with Crippen LogP contribution >= 0.6 is 23.5 Å². The zero-order valence-electron chi connectivity index (χ0n) is 9.98. The Hall–Kier alpha value is -0.290. The predicted molar refractivity (Wildman–Crippen MR) is 71.1 cm³/mol. The maximum atomic E-state index is 4.11. The summed E-state index contributed by atoms with van der Waals surface area (Å²) in [6.07, 6.45) is 6.77. The van der Waals surface area contributed by atoms with Gasteiger partial charge in [-0.3, -0.25) is 0 Å². The fraction of sp³-hybridized carbons (Fsp3) is 0.727.